The van der Waals surface area contributed by atoms with Crippen molar-refractivity contribution < 1.29 is 14.3 Å². The van der Waals surface area contributed by atoms with Crippen molar-refractivity contribution in [2.24, 2.45) is 0 Å². The summed E-state index contributed by atoms with van der Waals surface area (Å²) in [7, 11) is 0. The largest absolute Gasteiger partial charge is 0.489 e. The number of nitrogens with zero attached hydrogens (tertiary/aromatic N) is 1. The normalized spacial score (nSPS) is 10.9. The summed E-state index contributed by atoms with van der Waals surface area (Å²) in [6.07, 6.45) is 1.49. The molecular weight excluding hydrogens is 599 g/mol. The average Bonchev–Trinajstić information content (AvgIpc) is 2.92. The maximum Gasteiger partial charge on any atom is 0.266 e. The highest BCUT2D eigenvalue weighted by molar-refractivity contribution is 14.1. The number of amides is 1. The van der Waals surface area contributed by atoms with E-state index in [0.29, 0.717) is 41.0 Å². The number of hydrogen-bond acceptors (Lipinski definition) is 4. The predicted octanol–water partition coefficient (Wildman–Crippen LogP) is 7.65. The maximum atomic E-state index is 12.7. The Kier molecular flexibility index (Phi) is 9.19. The van der Waals surface area contributed by atoms with Gasteiger partial charge in [-0.05, 0) is 93.9 Å². The topological polar surface area (TPSA) is 71.3 Å². The minimum atomic E-state index is -0.518. The van der Waals surface area contributed by atoms with Crippen molar-refractivity contribution in [3.05, 3.63) is 128 Å². The second-order valence-electron chi connectivity index (χ2n) is 8.03. The van der Waals surface area contributed by atoms with Gasteiger partial charge in [0.1, 0.15) is 36.4 Å². The van der Waals surface area contributed by atoms with Gasteiger partial charge in [-0.25, -0.2) is 0 Å². The highest BCUT2D eigenvalue weighted by atomic mass is 127. The molecule has 4 aromatic rings. The fraction of sp³-hybridized carbons (Fsp3) is 0.0667. The second-order valence-corrected chi connectivity index (χ2v) is 9.68. The molecule has 0 heterocycles. The molecule has 0 aliphatic rings. The summed E-state index contributed by atoms with van der Waals surface area (Å²) < 4.78 is 12.7. The summed E-state index contributed by atoms with van der Waals surface area (Å²) in [5, 5.41) is 12.7. The quantitative estimate of drug-likeness (QED) is 0.119. The Bertz CT molecular complexity index is 1430. The van der Waals surface area contributed by atoms with Gasteiger partial charge in [-0.15, -0.1) is 0 Å². The number of carbonyl (C=O) groups is 1. The maximum absolute atomic E-state index is 12.7. The molecule has 1 amide bonds. The Balaban J connectivity index is 1.35. The van der Waals surface area contributed by atoms with Gasteiger partial charge >= 0.3 is 0 Å². The van der Waals surface area contributed by atoms with Gasteiger partial charge in [0.2, 0.25) is 0 Å². The van der Waals surface area contributed by atoms with Crippen LogP contribution in [-0.4, -0.2) is 5.91 Å². The molecule has 0 unspecified atom stereocenters. The summed E-state index contributed by atoms with van der Waals surface area (Å²) >= 11 is 8.64. The number of halogens is 2. The summed E-state index contributed by atoms with van der Waals surface area (Å²) in [5.41, 5.74) is 3.21. The third kappa shape index (κ3) is 7.84. The van der Waals surface area contributed by atoms with Crippen LogP contribution in [0.15, 0.2) is 103 Å². The molecule has 4 aromatic carbocycles. The van der Waals surface area contributed by atoms with E-state index >= 15 is 0 Å². The van der Waals surface area contributed by atoms with Gasteiger partial charge in [0.05, 0.1) is 5.02 Å². The third-order valence-corrected chi connectivity index (χ3v) is 6.31. The molecule has 0 bridgehead atoms. The van der Waals surface area contributed by atoms with Crippen molar-refractivity contribution in [3.8, 4) is 17.6 Å². The van der Waals surface area contributed by atoms with Crippen LogP contribution in [0.25, 0.3) is 6.08 Å². The van der Waals surface area contributed by atoms with E-state index in [1.54, 1.807) is 42.5 Å². The first-order chi connectivity index (χ1) is 18.0. The summed E-state index contributed by atoms with van der Waals surface area (Å²) in [5.74, 6) is 0.683. The van der Waals surface area contributed by atoms with Gasteiger partial charge in [-0.2, -0.15) is 5.26 Å². The fourth-order valence-corrected chi connectivity index (χ4v) is 3.96. The molecule has 4 rings (SSSR count). The average molecular weight is 621 g/mol. The Morgan fingerprint density at radius 3 is 2.24 bits per heavy atom. The van der Waals surface area contributed by atoms with E-state index in [1.165, 1.54) is 6.08 Å². The van der Waals surface area contributed by atoms with Crippen molar-refractivity contribution in [1.29, 1.82) is 5.26 Å². The molecule has 5 nitrogen and oxygen atoms in total. The number of hydrogen-bond donors (Lipinski definition) is 1. The molecule has 0 fully saturated rings. The minimum Gasteiger partial charge on any atom is -0.489 e. The first kappa shape index (κ1) is 26.3. The van der Waals surface area contributed by atoms with Gasteiger partial charge in [0, 0.05) is 9.26 Å². The molecule has 0 aliphatic heterocycles. The number of ether oxygens (including phenoxy) is 2. The van der Waals surface area contributed by atoms with Crippen molar-refractivity contribution in [3.63, 3.8) is 0 Å². The van der Waals surface area contributed by atoms with Crippen LogP contribution in [0.4, 0.5) is 5.69 Å². The van der Waals surface area contributed by atoms with Gasteiger partial charge in [0.15, 0.2) is 0 Å². The predicted molar refractivity (Wildman–Crippen MR) is 154 cm³/mol. The van der Waals surface area contributed by atoms with Crippen molar-refractivity contribution in [2.75, 3.05) is 5.32 Å². The van der Waals surface area contributed by atoms with Gasteiger partial charge in [-0.3, -0.25) is 4.79 Å². The van der Waals surface area contributed by atoms with Crippen LogP contribution in [-0.2, 0) is 18.0 Å². The summed E-state index contributed by atoms with van der Waals surface area (Å²) in [6.45, 7) is 0.833. The number of nitriles is 1. The lowest BCUT2D eigenvalue weighted by Gasteiger charge is -2.10. The lowest BCUT2D eigenvalue weighted by molar-refractivity contribution is -0.112. The van der Waals surface area contributed by atoms with Crippen LogP contribution < -0.4 is 14.8 Å². The van der Waals surface area contributed by atoms with E-state index in [2.05, 4.69) is 27.9 Å². The number of anilines is 1. The molecule has 0 saturated heterocycles. The summed E-state index contributed by atoms with van der Waals surface area (Å²) in [4.78, 5) is 12.7. The smallest absolute Gasteiger partial charge is 0.266 e. The first-order valence-corrected chi connectivity index (χ1v) is 12.8. The lowest BCUT2D eigenvalue weighted by atomic mass is 10.1. The van der Waals surface area contributed by atoms with Gasteiger partial charge in [-0.1, -0.05) is 60.1 Å². The zero-order valence-corrected chi connectivity index (χ0v) is 22.6. The highest BCUT2D eigenvalue weighted by Gasteiger charge is 2.11. The van der Waals surface area contributed by atoms with E-state index in [4.69, 9.17) is 21.1 Å². The molecular formula is C30H22ClIN2O3. The zero-order chi connectivity index (χ0) is 26.0. The number of nitrogens with one attached hydrogen (secondary N) is 1. The van der Waals surface area contributed by atoms with Crippen LogP contribution >= 0.6 is 34.2 Å². The van der Waals surface area contributed by atoms with Crippen LogP contribution in [0.2, 0.25) is 5.02 Å². The molecule has 1 N–H and O–H groups in total. The van der Waals surface area contributed by atoms with Crippen molar-refractivity contribution in [2.45, 2.75) is 13.2 Å². The van der Waals surface area contributed by atoms with Gasteiger partial charge in [0.25, 0.3) is 5.91 Å². The fourth-order valence-electron chi connectivity index (χ4n) is 3.35. The Labute approximate surface area is 234 Å². The molecule has 0 aliphatic carbocycles. The molecule has 0 spiro atoms. The SMILES string of the molecule is N#C/C(=C\c1ccc(OCc2ccc(I)cc2)c(Cl)c1)C(=O)Nc1ccc(OCc2ccccc2)cc1. The number of carbonyl (C=O) groups excluding carboxylic acids is 1. The van der Waals surface area contributed by atoms with Crippen LogP contribution in [0.5, 0.6) is 11.5 Å². The van der Waals surface area contributed by atoms with E-state index < -0.39 is 5.91 Å². The van der Waals surface area contributed by atoms with Crippen LogP contribution in [0, 0.1) is 14.9 Å². The standard InChI is InChI=1S/C30H22ClIN2O3/c31-28-17-23(8-15-29(28)37-20-22-6-9-25(32)10-7-22)16-24(18-33)30(35)34-26-11-13-27(14-12-26)36-19-21-4-2-1-3-5-21/h1-17H,19-20H2,(H,34,35)/b24-16+. The highest BCUT2D eigenvalue weighted by Crippen LogP contribution is 2.27. The Morgan fingerprint density at radius 2 is 1.57 bits per heavy atom. The van der Waals surface area contributed by atoms with E-state index in [0.717, 1.165) is 14.7 Å². The number of benzene rings is 4. The molecule has 37 heavy (non-hydrogen) atoms. The monoisotopic (exact) mass is 620 g/mol. The van der Waals surface area contributed by atoms with Crippen molar-refractivity contribution >= 4 is 51.9 Å². The molecule has 7 heteroatoms. The zero-order valence-electron chi connectivity index (χ0n) is 19.7. The Hall–Kier alpha value is -3.80. The minimum absolute atomic E-state index is 0.0481. The molecule has 0 saturated carbocycles. The third-order valence-electron chi connectivity index (χ3n) is 5.30. The van der Waals surface area contributed by atoms with E-state index in [-0.39, 0.29) is 5.57 Å². The molecule has 0 radical (unpaired) electrons. The molecule has 0 aromatic heterocycles. The molecule has 184 valence electrons. The number of rotatable bonds is 9. The van der Waals surface area contributed by atoms with Crippen LogP contribution in [0.3, 0.4) is 0 Å². The van der Waals surface area contributed by atoms with E-state index in [1.807, 2.05) is 60.7 Å². The molecule has 0 atom stereocenters. The van der Waals surface area contributed by atoms with E-state index in [9.17, 15) is 10.1 Å². The Morgan fingerprint density at radius 1 is 0.892 bits per heavy atom. The lowest BCUT2D eigenvalue weighted by Crippen LogP contribution is -2.13. The van der Waals surface area contributed by atoms with Crippen LogP contribution in [0.1, 0.15) is 16.7 Å². The second kappa shape index (κ2) is 12.9. The van der Waals surface area contributed by atoms with Crippen molar-refractivity contribution in [1.82, 2.24) is 0 Å². The van der Waals surface area contributed by atoms with Gasteiger partial charge < -0.3 is 14.8 Å². The summed E-state index contributed by atoms with van der Waals surface area (Å²) in [6, 6.07) is 31.9. The first-order valence-electron chi connectivity index (χ1n) is 11.4.